The number of amides is 1. The number of rotatable bonds is 6. The van der Waals surface area contributed by atoms with Crippen molar-refractivity contribution >= 4 is 33.0 Å². The van der Waals surface area contributed by atoms with Gasteiger partial charge in [0.15, 0.2) is 0 Å². The second kappa shape index (κ2) is 7.84. The molecule has 0 saturated heterocycles. The minimum atomic E-state index is -4.34. The Hall–Kier alpha value is -3.47. The summed E-state index contributed by atoms with van der Waals surface area (Å²) in [4.78, 5) is 19.2. The maximum absolute atomic E-state index is 14.2. The van der Waals surface area contributed by atoms with Crippen molar-refractivity contribution in [3.05, 3.63) is 65.7 Å². The fourth-order valence-corrected chi connectivity index (χ4v) is 5.76. The van der Waals surface area contributed by atoms with Crippen LogP contribution in [0.15, 0.2) is 47.8 Å². The van der Waals surface area contributed by atoms with E-state index in [1.165, 1.54) is 0 Å². The molecule has 1 spiro atoms. The van der Waals surface area contributed by atoms with E-state index in [9.17, 15) is 22.0 Å². The Morgan fingerprint density at radius 2 is 1.91 bits per heavy atom. The van der Waals surface area contributed by atoms with Gasteiger partial charge < -0.3 is 15.6 Å². The molecule has 1 saturated carbocycles. The maximum atomic E-state index is 14.2. The van der Waals surface area contributed by atoms with E-state index in [0.29, 0.717) is 42.4 Å². The third kappa shape index (κ3) is 3.71. The number of sulfonamides is 1. The van der Waals surface area contributed by atoms with Crippen LogP contribution in [0, 0.1) is 11.6 Å². The molecule has 5 rings (SSSR count). The fraction of sp³-hybridized carbons (Fsp3) is 0.273. The molecule has 4 N–H and O–H groups in total. The molecule has 1 amide bonds. The first-order valence-corrected chi connectivity index (χ1v) is 12.0. The van der Waals surface area contributed by atoms with Crippen molar-refractivity contribution in [2.24, 2.45) is 0 Å². The second-order valence-corrected chi connectivity index (χ2v) is 9.95. The van der Waals surface area contributed by atoms with Gasteiger partial charge in [-0.25, -0.2) is 22.2 Å². The lowest BCUT2D eigenvalue weighted by molar-refractivity contribution is -0.120. The van der Waals surface area contributed by atoms with Gasteiger partial charge in [-0.15, -0.1) is 0 Å². The lowest BCUT2D eigenvalue weighted by atomic mass is 9.80. The maximum Gasteiger partial charge on any atom is 0.264 e. The minimum Gasteiger partial charge on any atom is -0.378 e. The predicted molar refractivity (Wildman–Crippen MR) is 118 cm³/mol. The standard InChI is InChI=1S/C22H21F2N5O3S/c23-13-3-4-19(17(24)7-13)33(31,32)29-14-8-16-20(28-21(30)22(16)5-1-2-6-22)18(9-14)26-11-15-10-25-12-27-15/h3-4,7-10,12,26,29H,1-2,5-6,11H2,(H,25,27)(H,28,30). The highest BCUT2D eigenvalue weighted by Crippen LogP contribution is 2.52. The Morgan fingerprint density at radius 1 is 1.12 bits per heavy atom. The molecule has 0 atom stereocenters. The first kappa shape index (κ1) is 21.4. The van der Waals surface area contributed by atoms with E-state index < -0.39 is 32.0 Å². The number of hydrogen-bond acceptors (Lipinski definition) is 5. The molecule has 1 aromatic heterocycles. The van der Waals surface area contributed by atoms with Crippen LogP contribution >= 0.6 is 0 Å². The molecule has 172 valence electrons. The summed E-state index contributed by atoms with van der Waals surface area (Å²) >= 11 is 0. The van der Waals surface area contributed by atoms with E-state index in [-0.39, 0.29) is 11.6 Å². The van der Waals surface area contributed by atoms with Crippen molar-refractivity contribution in [3.63, 3.8) is 0 Å². The number of aromatic nitrogens is 2. The van der Waals surface area contributed by atoms with Crippen molar-refractivity contribution in [3.8, 4) is 0 Å². The molecular formula is C22H21F2N5O3S. The zero-order chi connectivity index (χ0) is 23.2. The van der Waals surface area contributed by atoms with Gasteiger partial charge >= 0.3 is 0 Å². The highest BCUT2D eigenvalue weighted by atomic mass is 32.2. The van der Waals surface area contributed by atoms with E-state index in [4.69, 9.17) is 0 Å². The molecule has 8 nitrogen and oxygen atoms in total. The number of halogens is 2. The van der Waals surface area contributed by atoms with Gasteiger partial charge in [0.25, 0.3) is 10.0 Å². The number of aromatic amines is 1. The molecule has 1 aliphatic heterocycles. The van der Waals surface area contributed by atoms with Crippen molar-refractivity contribution in [1.82, 2.24) is 9.97 Å². The monoisotopic (exact) mass is 473 g/mol. The van der Waals surface area contributed by atoms with Gasteiger partial charge in [-0.3, -0.25) is 9.52 Å². The molecule has 2 aliphatic rings. The van der Waals surface area contributed by atoms with Gasteiger partial charge in [-0.2, -0.15) is 0 Å². The lowest BCUT2D eigenvalue weighted by Gasteiger charge is -2.22. The molecular weight excluding hydrogens is 452 g/mol. The van der Waals surface area contributed by atoms with Crippen LogP contribution in [0.25, 0.3) is 0 Å². The number of imidazole rings is 1. The first-order chi connectivity index (χ1) is 15.8. The number of nitrogens with one attached hydrogen (secondary N) is 4. The number of H-pyrrole nitrogens is 1. The number of nitrogens with zero attached hydrogens (tertiary/aromatic N) is 1. The number of carbonyl (C=O) groups excluding carboxylic acids is 1. The van der Waals surface area contributed by atoms with E-state index in [2.05, 4.69) is 25.3 Å². The Labute approximate surface area is 188 Å². The molecule has 0 bridgehead atoms. The van der Waals surface area contributed by atoms with E-state index in [0.717, 1.165) is 30.7 Å². The molecule has 3 aromatic rings. The number of hydrogen-bond donors (Lipinski definition) is 4. The summed E-state index contributed by atoms with van der Waals surface area (Å²) < 4.78 is 55.6. The summed E-state index contributed by atoms with van der Waals surface area (Å²) in [6, 6.07) is 5.45. The largest absolute Gasteiger partial charge is 0.378 e. The van der Waals surface area contributed by atoms with Crippen LogP contribution in [0.5, 0.6) is 0 Å². The Kier molecular flexibility index (Phi) is 5.08. The summed E-state index contributed by atoms with van der Waals surface area (Å²) in [7, 11) is -4.34. The SMILES string of the molecule is O=C1Nc2c(NCc3cnc[nH]3)cc(NS(=O)(=O)c3ccc(F)cc3F)cc2C12CCCC2. The summed E-state index contributed by atoms with van der Waals surface area (Å²) in [6.07, 6.45) is 6.29. The van der Waals surface area contributed by atoms with Crippen molar-refractivity contribution in [2.45, 2.75) is 42.5 Å². The fourth-order valence-electron chi connectivity index (χ4n) is 4.66. The van der Waals surface area contributed by atoms with Crippen LogP contribution < -0.4 is 15.4 Å². The van der Waals surface area contributed by atoms with Gasteiger partial charge in [0.2, 0.25) is 5.91 Å². The van der Waals surface area contributed by atoms with Crippen LogP contribution in [0.3, 0.4) is 0 Å². The number of fused-ring (bicyclic) bond motifs is 2. The molecule has 2 heterocycles. The Balaban J connectivity index is 1.55. The average Bonchev–Trinajstić information content (AvgIpc) is 3.50. The van der Waals surface area contributed by atoms with E-state index in [1.807, 2.05) is 0 Å². The van der Waals surface area contributed by atoms with Crippen molar-refractivity contribution < 1.29 is 22.0 Å². The summed E-state index contributed by atoms with van der Waals surface area (Å²) in [6.45, 7) is 0.359. The summed E-state index contributed by atoms with van der Waals surface area (Å²) in [5.74, 6) is -2.17. The van der Waals surface area contributed by atoms with Gasteiger partial charge in [0, 0.05) is 12.3 Å². The third-order valence-corrected chi connectivity index (χ3v) is 7.66. The molecule has 11 heteroatoms. The van der Waals surface area contributed by atoms with Gasteiger partial charge in [0.05, 0.1) is 41.0 Å². The third-order valence-electron chi connectivity index (χ3n) is 6.24. The number of carbonyl (C=O) groups is 1. The topological polar surface area (TPSA) is 116 Å². The van der Waals surface area contributed by atoms with Crippen LogP contribution in [0.4, 0.5) is 25.8 Å². The van der Waals surface area contributed by atoms with E-state index >= 15 is 0 Å². The minimum absolute atomic E-state index is 0.107. The summed E-state index contributed by atoms with van der Waals surface area (Å²) in [5.41, 5.74) is 2.09. The molecule has 0 unspecified atom stereocenters. The molecule has 33 heavy (non-hydrogen) atoms. The van der Waals surface area contributed by atoms with E-state index in [1.54, 1.807) is 24.7 Å². The van der Waals surface area contributed by atoms with Gasteiger partial charge in [-0.05, 0) is 42.7 Å². The highest BCUT2D eigenvalue weighted by molar-refractivity contribution is 7.92. The van der Waals surface area contributed by atoms with Gasteiger partial charge in [-0.1, -0.05) is 12.8 Å². The normalized spacial score (nSPS) is 16.6. The van der Waals surface area contributed by atoms with Crippen LogP contribution in [-0.4, -0.2) is 24.3 Å². The number of benzene rings is 2. The lowest BCUT2D eigenvalue weighted by Crippen LogP contribution is -2.31. The summed E-state index contributed by atoms with van der Waals surface area (Å²) in [5, 5.41) is 6.17. The zero-order valence-corrected chi connectivity index (χ0v) is 18.2. The Bertz CT molecular complexity index is 1340. The molecule has 0 radical (unpaired) electrons. The number of anilines is 3. The van der Waals surface area contributed by atoms with Crippen LogP contribution in [0.2, 0.25) is 0 Å². The highest BCUT2D eigenvalue weighted by Gasteiger charge is 2.49. The van der Waals surface area contributed by atoms with Crippen LogP contribution in [-0.2, 0) is 26.8 Å². The predicted octanol–water partition coefficient (Wildman–Crippen LogP) is 3.86. The van der Waals surface area contributed by atoms with Crippen molar-refractivity contribution in [1.29, 1.82) is 0 Å². The molecule has 1 aliphatic carbocycles. The van der Waals surface area contributed by atoms with Crippen LogP contribution in [0.1, 0.15) is 36.9 Å². The quantitative estimate of drug-likeness (QED) is 0.434. The van der Waals surface area contributed by atoms with Gasteiger partial charge in [0.1, 0.15) is 16.5 Å². The zero-order valence-electron chi connectivity index (χ0n) is 17.4. The van der Waals surface area contributed by atoms with Crippen molar-refractivity contribution in [2.75, 3.05) is 15.4 Å². The molecule has 2 aromatic carbocycles. The smallest absolute Gasteiger partial charge is 0.264 e. The molecule has 1 fully saturated rings. The average molecular weight is 474 g/mol. The Morgan fingerprint density at radius 3 is 2.61 bits per heavy atom. The second-order valence-electron chi connectivity index (χ2n) is 8.30. The first-order valence-electron chi connectivity index (χ1n) is 10.5.